The summed E-state index contributed by atoms with van der Waals surface area (Å²) in [6.07, 6.45) is 8.09. The van der Waals surface area contributed by atoms with E-state index < -0.39 is 6.04 Å². The molecule has 3 N–H and O–H groups in total. The van der Waals surface area contributed by atoms with Gasteiger partial charge in [-0.25, -0.2) is 4.98 Å². The molecule has 1 unspecified atom stereocenters. The number of nitrogens with zero attached hydrogens (tertiary/aromatic N) is 2. The molecule has 3 rings (SSSR count). The lowest BCUT2D eigenvalue weighted by Crippen LogP contribution is -2.53. The number of thiazole rings is 1. The van der Waals surface area contributed by atoms with Gasteiger partial charge in [-0.3, -0.25) is 14.4 Å². The molecule has 3 atom stereocenters. The van der Waals surface area contributed by atoms with Gasteiger partial charge in [0.05, 0.1) is 15.2 Å². The van der Waals surface area contributed by atoms with Crippen molar-refractivity contribution < 1.29 is 14.4 Å². The van der Waals surface area contributed by atoms with Crippen LogP contribution in [-0.4, -0.2) is 66.9 Å². The molecule has 210 valence electrons. The second-order valence-corrected chi connectivity index (χ2v) is 12.2. The van der Waals surface area contributed by atoms with E-state index in [0.717, 1.165) is 40.9 Å². The minimum atomic E-state index is -0.726. The first-order valence-corrected chi connectivity index (χ1v) is 14.8. The molecule has 0 saturated heterocycles. The number of carbonyl (C=O) groups excluding carboxylic acids is 3. The molecule has 1 aromatic heterocycles. The van der Waals surface area contributed by atoms with Gasteiger partial charge < -0.3 is 20.9 Å². The zero-order valence-electron chi connectivity index (χ0n) is 23.6. The van der Waals surface area contributed by atoms with E-state index in [2.05, 4.69) is 35.0 Å². The first kappa shape index (κ1) is 30.0. The summed E-state index contributed by atoms with van der Waals surface area (Å²) >= 11 is 1.57. The van der Waals surface area contributed by atoms with Crippen LogP contribution >= 0.6 is 11.3 Å². The zero-order chi connectivity index (χ0) is 27.7. The summed E-state index contributed by atoms with van der Waals surface area (Å²) in [6.45, 7) is 6.51. The highest BCUT2D eigenvalue weighted by Crippen LogP contribution is 2.28. The van der Waals surface area contributed by atoms with Crippen LogP contribution in [0.25, 0.3) is 10.2 Å². The van der Waals surface area contributed by atoms with E-state index in [-0.39, 0.29) is 29.7 Å². The number of aromatic nitrogens is 1. The van der Waals surface area contributed by atoms with Crippen molar-refractivity contribution in [3.63, 3.8) is 0 Å². The van der Waals surface area contributed by atoms with Crippen LogP contribution in [0.1, 0.15) is 69.9 Å². The van der Waals surface area contributed by atoms with E-state index in [9.17, 15) is 14.4 Å². The molecule has 1 saturated carbocycles. The first-order valence-electron chi connectivity index (χ1n) is 14.0. The number of nitrogens with one attached hydrogen (secondary N) is 3. The SMILES string of the molecule is CCc1ccc2nc(C[C@H](NC(C)=O)C(=O)N[C@H](CNC(=O)C(C)CN(C)C)CC3CCCCC3)sc2c1. The predicted molar refractivity (Wildman–Crippen MR) is 154 cm³/mol. The minimum Gasteiger partial charge on any atom is -0.354 e. The highest BCUT2D eigenvalue weighted by Gasteiger charge is 2.27. The van der Waals surface area contributed by atoms with Crippen molar-refractivity contribution in [3.05, 3.63) is 28.8 Å². The fourth-order valence-electron chi connectivity index (χ4n) is 5.30. The summed E-state index contributed by atoms with van der Waals surface area (Å²) in [5.41, 5.74) is 2.16. The lowest BCUT2D eigenvalue weighted by molar-refractivity contribution is -0.129. The molecule has 3 amide bonds. The van der Waals surface area contributed by atoms with Crippen LogP contribution in [0.5, 0.6) is 0 Å². The summed E-state index contributed by atoms with van der Waals surface area (Å²) in [7, 11) is 3.90. The summed E-state index contributed by atoms with van der Waals surface area (Å²) in [4.78, 5) is 44.9. The van der Waals surface area contributed by atoms with Crippen molar-refractivity contribution >= 4 is 39.3 Å². The maximum absolute atomic E-state index is 13.5. The van der Waals surface area contributed by atoms with E-state index in [1.54, 1.807) is 11.3 Å². The van der Waals surface area contributed by atoms with Gasteiger partial charge in [0.2, 0.25) is 17.7 Å². The molecule has 1 aliphatic carbocycles. The van der Waals surface area contributed by atoms with Crippen molar-refractivity contribution in [2.75, 3.05) is 27.2 Å². The number of carbonyl (C=O) groups is 3. The van der Waals surface area contributed by atoms with Gasteiger partial charge in [-0.15, -0.1) is 11.3 Å². The molecule has 0 aliphatic heterocycles. The maximum Gasteiger partial charge on any atom is 0.243 e. The van der Waals surface area contributed by atoms with Crippen LogP contribution < -0.4 is 16.0 Å². The first-order chi connectivity index (χ1) is 18.1. The number of hydrogen-bond donors (Lipinski definition) is 3. The normalized spacial score (nSPS) is 16.7. The Morgan fingerprint density at radius 2 is 1.84 bits per heavy atom. The third kappa shape index (κ3) is 9.34. The highest BCUT2D eigenvalue weighted by atomic mass is 32.1. The number of benzene rings is 1. The molecule has 0 bridgehead atoms. The van der Waals surface area contributed by atoms with E-state index in [1.165, 1.54) is 31.7 Å². The van der Waals surface area contributed by atoms with Gasteiger partial charge in [0.1, 0.15) is 6.04 Å². The lowest BCUT2D eigenvalue weighted by atomic mass is 9.84. The van der Waals surface area contributed by atoms with Gasteiger partial charge in [0.15, 0.2) is 0 Å². The molecule has 1 aliphatic rings. The van der Waals surface area contributed by atoms with E-state index in [0.29, 0.717) is 25.4 Å². The highest BCUT2D eigenvalue weighted by molar-refractivity contribution is 7.18. The number of amides is 3. The van der Waals surface area contributed by atoms with Crippen molar-refractivity contribution in [2.45, 2.75) is 84.2 Å². The van der Waals surface area contributed by atoms with Gasteiger partial charge >= 0.3 is 0 Å². The number of fused-ring (bicyclic) bond motifs is 1. The smallest absolute Gasteiger partial charge is 0.243 e. The number of aryl methyl sites for hydroxylation is 1. The topological polar surface area (TPSA) is 103 Å². The van der Waals surface area contributed by atoms with Crippen LogP contribution in [0.2, 0.25) is 0 Å². The van der Waals surface area contributed by atoms with Crippen molar-refractivity contribution in [3.8, 4) is 0 Å². The Hall–Kier alpha value is -2.52. The van der Waals surface area contributed by atoms with Gasteiger partial charge in [-0.05, 0) is 50.6 Å². The van der Waals surface area contributed by atoms with E-state index in [1.807, 2.05) is 32.0 Å². The number of hydrogen-bond acceptors (Lipinski definition) is 6. The van der Waals surface area contributed by atoms with Crippen LogP contribution in [-0.2, 0) is 27.2 Å². The van der Waals surface area contributed by atoms with E-state index in [4.69, 9.17) is 4.98 Å². The van der Waals surface area contributed by atoms with Crippen LogP contribution in [0.4, 0.5) is 0 Å². The Bertz CT molecular complexity index is 1080. The molecule has 9 heteroatoms. The Morgan fingerprint density at radius 1 is 1.11 bits per heavy atom. The summed E-state index contributed by atoms with van der Waals surface area (Å²) in [5.74, 6) is -0.114. The Balaban J connectivity index is 1.70. The lowest BCUT2D eigenvalue weighted by Gasteiger charge is -2.29. The quantitative estimate of drug-likeness (QED) is 0.358. The third-order valence-corrected chi connectivity index (χ3v) is 8.32. The van der Waals surface area contributed by atoms with Crippen molar-refractivity contribution in [1.29, 1.82) is 0 Å². The van der Waals surface area contributed by atoms with Crippen LogP contribution in [0, 0.1) is 11.8 Å². The second-order valence-electron chi connectivity index (χ2n) is 11.1. The molecule has 0 radical (unpaired) electrons. The third-order valence-electron chi connectivity index (χ3n) is 7.28. The van der Waals surface area contributed by atoms with Crippen molar-refractivity contribution in [1.82, 2.24) is 25.8 Å². The average molecular weight is 544 g/mol. The summed E-state index contributed by atoms with van der Waals surface area (Å²) < 4.78 is 1.09. The van der Waals surface area contributed by atoms with Gasteiger partial charge in [-0.2, -0.15) is 0 Å². The largest absolute Gasteiger partial charge is 0.354 e. The zero-order valence-corrected chi connectivity index (χ0v) is 24.5. The fourth-order valence-corrected chi connectivity index (χ4v) is 6.38. The van der Waals surface area contributed by atoms with Crippen molar-refractivity contribution in [2.24, 2.45) is 11.8 Å². The molecule has 38 heavy (non-hydrogen) atoms. The van der Waals surface area contributed by atoms with Crippen LogP contribution in [0.15, 0.2) is 18.2 Å². The molecule has 0 spiro atoms. The number of rotatable bonds is 13. The van der Waals surface area contributed by atoms with Gasteiger partial charge in [-0.1, -0.05) is 52.0 Å². The van der Waals surface area contributed by atoms with Gasteiger partial charge in [0.25, 0.3) is 0 Å². The Kier molecular flexibility index (Phi) is 11.5. The fraction of sp³-hybridized carbons (Fsp3) is 0.655. The predicted octanol–water partition coefficient (Wildman–Crippen LogP) is 3.68. The molecular formula is C29H45N5O3S. The standard InChI is InChI=1S/C29H45N5O3S/c1-6-21-12-13-24-26(15-21)38-27(33-24)16-25(31-20(3)35)29(37)32-23(14-22-10-8-7-9-11-22)17-30-28(36)19(2)18-34(4)5/h12-13,15,19,22-23,25H,6-11,14,16-18H2,1-5H3,(H,30,36)(H,31,35)(H,32,37)/t19?,23-,25-/m0/s1. The molecule has 8 nitrogen and oxygen atoms in total. The second kappa shape index (κ2) is 14.6. The molecular weight excluding hydrogens is 498 g/mol. The minimum absolute atomic E-state index is 0.0130. The van der Waals surface area contributed by atoms with Gasteiger partial charge in [0, 0.05) is 38.4 Å². The Morgan fingerprint density at radius 3 is 2.50 bits per heavy atom. The monoisotopic (exact) mass is 543 g/mol. The maximum atomic E-state index is 13.5. The Labute approximate surface area is 231 Å². The molecule has 1 aromatic carbocycles. The average Bonchev–Trinajstić information content (AvgIpc) is 3.28. The summed E-state index contributed by atoms with van der Waals surface area (Å²) in [6, 6.07) is 5.31. The molecule has 1 fully saturated rings. The van der Waals surface area contributed by atoms with Crippen LogP contribution in [0.3, 0.4) is 0 Å². The molecule has 1 heterocycles. The molecule has 2 aromatic rings. The summed E-state index contributed by atoms with van der Waals surface area (Å²) in [5, 5.41) is 9.89. The van der Waals surface area contributed by atoms with E-state index >= 15 is 0 Å².